The Kier molecular flexibility index (Phi) is 5.32. The van der Waals surface area contributed by atoms with Crippen LogP contribution in [-0.4, -0.2) is 6.04 Å². The van der Waals surface area contributed by atoms with Crippen LogP contribution in [-0.2, 0) is 6.54 Å². The topological polar surface area (TPSA) is 12.0 Å². The third-order valence-corrected chi connectivity index (χ3v) is 4.14. The molecule has 1 aromatic carbocycles. The molecule has 1 saturated carbocycles. The van der Waals surface area contributed by atoms with Crippen LogP contribution in [0.3, 0.4) is 0 Å². The lowest BCUT2D eigenvalue weighted by Crippen LogP contribution is -2.33. The number of benzene rings is 1. The fourth-order valence-corrected chi connectivity index (χ4v) is 2.98. The molecule has 1 aromatic rings. The van der Waals surface area contributed by atoms with Gasteiger partial charge in [-0.25, -0.2) is 8.78 Å². The Morgan fingerprint density at radius 1 is 1.16 bits per heavy atom. The highest BCUT2D eigenvalue weighted by Crippen LogP contribution is 2.27. The van der Waals surface area contributed by atoms with Gasteiger partial charge in [-0.15, -0.1) is 0 Å². The Bertz CT molecular complexity index is 398. The minimum absolute atomic E-state index is 0.452. The molecule has 0 heterocycles. The first-order valence-electron chi connectivity index (χ1n) is 7.36. The van der Waals surface area contributed by atoms with E-state index in [2.05, 4.69) is 12.2 Å². The van der Waals surface area contributed by atoms with Crippen LogP contribution in [0, 0.1) is 17.6 Å². The van der Waals surface area contributed by atoms with Crippen LogP contribution in [0.2, 0.25) is 0 Å². The summed E-state index contributed by atoms with van der Waals surface area (Å²) in [6, 6.07) is 4.28. The molecule has 0 radical (unpaired) electrons. The van der Waals surface area contributed by atoms with Crippen molar-refractivity contribution < 1.29 is 8.78 Å². The van der Waals surface area contributed by atoms with E-state index in [0.717, 1.165) is 12.0 Å². The molecule has 0 bridgehead atoms. The minimum Gasteiger partial charge on any atom is -0.310 e. The Morgan fingerprint density at radius 2 is 1.89 bits per heavy atom. The fraction of sp³-hybridized carbons (Fsp3) is 0.625. The molecule has 3 heteroatoms. The van der Waals surface area contributed by atoms with Crippen LogP contribution in [0.25, 0.3) is 0 Å². The molecular weight excluding hydrogens is 244 g/mol. The van der Waals surface area contributed by atoms with E-state index in [1.54, 1.807) is 0 Å². The zero-order chi connectivity index (χ0) is 13.7. The molecule has 0 unspecified atom stereocenters. The van der Waals surface area contributed by atoms with Crippen molar-refractivity contribution in [2.24, 2.45) is 5.92 Å². The number of nitrogens with one attached hydrogen (secondary N) is 1. The van der Waals surface area contributed by atoms with Gasteiger partial charge >= 0.3 is 0 Å². The van der Waals surface area contributed by atoms with Gasteiger partial charge in [-0.2, -0.15) is 0 Å². The molecule has 0 aliphatic heterocycles. The van der Waals surface area contributed by atoms with E-state index in [9.17, 15) is 8.78 Å². The van der Waals surface area contributed by atoms with Crippen molar-refractivity contribution in [2.75, 3.05) is 0 Å². The van der Waals surface area contributed by atoms with Gasteiger partial charge in [0.1, 0.15) is 11.6 Å². The lowest BCUT2D eigenvalue weighted by molar-refractivity contribution is 0.277. The van der Waals surface area contributed by atoms with Gasteiger partial charge in [0.15, 0.2) is 0 Å². The maximum Gasteiger partial charge on any atom is 0.130 e. The Balaban J connectivity index is 1.77. The molecule has 1 N–H and O–H groups in total. The van der Waals surface area contributed by atoms with E-state index in [1.165, 1.54) is 50.7 Å². The highest BCUT2D eigenvalue weighted by Gasteiger charge is 2.20. The van der Waals surface area contributed by atoms with E-state index < -0.39 is 11.6 Å². The summed E-state index contributed by atoms with van der Waals surface area (Å²) in [6.07, 6.45) is 7.50. The molecule has 1 aliphatic rings. The van der Waals surface area contributed by atoms with Crippen LogP contribution in [0.4, 0.5) is 8.78 Å². The maximum absolute atomic E-state index is 13.5. The molecule has 0 amide bonds. The Hall–Kier alpha value is -0.960. The van der Waals surface area contributed by atoms with Crippen LogP contribution in [0.1, 0.15) is 51.0 Å². The van der Waals surface area contributed by atoms with E-state index in [1.807, 2.05) is 0 Å². The smallest absolute Gasteiger partial charge is 0.130 e. The first-order chi connectivity index (χ1) is 9.19. The molecule has 0 atom stereocenters. The Labute approximate surface area is 114 Å². The molecule has 19 heavy (non-hydrogen) atoms. The summed E-state index contributed by atoms with van der Waals surface area (Å²) in [5.74, 6) is -0.0842. The minimum atomic E-state index is -0.513. The van der Waals surface area contributed by atoms with Crippen LogP contribution in [0.5, 0.6) is 0 Å². The van der Waals surface area contributed by atoms with Crippen molar-refractivity contribution >= 4 is 0 Å². The van der Waals surface area contributed by atoms with Gasteiger partial charge in [-0.3, -0.25) is 0 Å². The molecule has 1 aliphatic carbocycles. The molecule has 1 fully saturated rings. The molecular formula is C16H23F2N. The number of hydrogen-bond donors (Lipinski definition) is 1. The van der Waals surface area contributed by atoms with E-state index in [-0.39, 0.29) is 0 Å². The predicted octanol–water partition coefficient (Wildman–Crippen LogP) is 4.41. The fourth-order valence-electron chi connectivity index (χ4n) is 2.98. The second-order valence-corrected chi connectivity index (χ2v) is 5.62. The van der Waals surface area contributed by atoms with Crippen molar-refractivity contribution in [1.82, 2.24) is 5.32 Å². The third-order valence-electron chi connectivity index (χ3n) is 4.14. The van der Waals surface area contributed by atoms with Crippen LogP contribution in [0.15, 0.2) is 18.2 Å². The summed E-state index contributed by atoms with van der Waals surface area (Å²) >= 11 is 0. The summed E-state index contributed by atoms with van der Waals surface area (Å²) < 4.78 is 26.3. The average molecular weight is 267 g/mol. The molecule has 0 saturated heterocycles. The van der Waals surface area contributed by atoms with Gasteiger partial charge in [0.25, 0.3) is 0 Å². The van der Waals surface area contributed by atoms with Gasteiger partial charge in [-0.1, -0.05) is 25.8 Å². The third kappa shape index (κ3) is 4.27. The van der Waals surface area contributed by atoms with E-state index in [4.69, 9.17) is 0 Å². The second kappa shape index (κ2) is 6.99. The maximum atomic E-state index is 13.5. The van der Waals surface area contributed by atoms with Gasteiger partial charge < -0.3 is 5.32 Å². The summed E-state index contributed by atoms with van der Waals surface area (Å²) in [5.41, 5.74) is 0.553. The molecule has 106 valence electrons. The van der Waals surface area contributed by atoms with Gasteiger partial charge in [0.05, 0.1) is 0 Å². The molecule has 1 nitrogen and oxygen atoms in total. The first kappa shape index (κ1) is 14.4. The lowest BCUT2D eigenvalue weighted by atomic mass is 9.83. The normalized spacial score (nSPS) is 23.5. The summed E-state index contributed by atoms with van der Waals surface area (Å²) in [7, 11) is 0. The summed E-state index contributed by atoms with van der Waals surface area (Å²) in [4.78, 5) is 0. The van der Waals surface area contributed by atoms with Crippen LogP contribution < -0.4 is 5.32 Å². The van der Waals surface area contributed by atoms with Crippen molar-refractivity contribution in [3.63, 3.8) is 0 Å². The zero-order valence-electron chi connectivity index (χ0n) is 11.6. The van der Waals surface area contributed by atoms with Crippen molar-refractivity contribution in [1.29, 1.82) is 0 Å². The highest BCUT2D eigenvalue weighted by atomic mass is 19.1. The van der Waals surface area contributed by atoms with Gasteiger partial charge in [0, 0.05) is 24.2 Å². The van der Waals surface area contributed by atoms with Gasteiger partial charge in [0.2, 0.25) is 0 Å². The van der Waals surface area contributed by atoms with E-state index >= 15 is 0 Å². The predicted molar refractivity (Wildman–Crippen MR) is 73.9 cm³/mol. The number of halogens is 2. The van der Waals surface area contributed by atoms with Gasteiger partial charge in [-0.05, 0) is 37.7 Å². The SMILES string of the molecule is CCC[C@H]1CC[C@H](NCc2ccc(F)cc2F)CC1. The Morgan fingerprint density at radius 3 is 2.53 bits per heavy atom. The number of hydrogen-bond acceptors (Lipinski definition) is 1. The summed E-state index contributed by atoms with van der Waals surface area (Å²) in [5, 5.41) is 3.40. The second-order valence-electron chi connectivity index (χ2n) is 5.62. The van der Waals surface area contributed by atoms with Crippen molar-refractivity contribution in [2.45, 2.75) is 58.0 Å². The quantitative estimate of drug-likeness (QED) is 0.833. The zero-order valence-corrected chi connectivity index (χ0v) is 11.6. The van der Waals surface area contributed by atoms with E-state index in [0.29, 0.717) is 18.2 Å². The lowest BCUT2D eigenvalue weighted by Gasteiger charge is -2.29. The van der Waals surface area contributed by atoms with Crippen LogP contribution >= 0.6 is 0 Å². The number of rotatable bonds is 5. The van der Waals surface area contributed by atoms with Crippen molar-refractivity contribution in [3.05, 3.63) is 35.4 Å². The standard InChI is InChI=1S/C16H23F2N/c1-2-3-12-4-8-15(9-5-12)19-11-13-6-7-14(17)10-16(13)18/h6-7,10,12,15,19H,2-5,8-9,11H2,1H3/t12-,15-. The highest BCUT2D eigenvalue weighted by molar-refractivity contribution is 5.18. The monoisotopic (exact) mass is 267 g/mol. The largest absolute Gasteiger partial charge is 0.310 e. The molecule has 0 spiro atoms. The first-order valence-corrected chi connectivity index (χ1v) is 7.36. The summed E-state index contributed by atoms with van der Waals surface area (Å²) in [6.45, 7) is 2.73. The molecule has 0 aromatic heterocycles. The average Bonchev–Trinajstić information content (AvgIpc) is 2.40. The molecule has 2 rings (SSSR count). The van der Waals surface area contributed by atoms with Crippen molar-refractivity contribution in [3.8, 4) is 0 Å².